The van der Waals surface area contributed by atoms with E-state index in [0.717, 1.165) is 5.56 Å². The summed E-state index contributed by atoms with van der Waals surface area (Å²) in [6.07, 6.45) is 0. The van der Waals surface area contributed by atoms with Gasteiger partial charge < -0.3 is 10.1 Å². The van der Waals surface area contributed by atoms with Gasteiger partial charge in [0.1, 0.15) is 0 Å². The maximum atomic E-state index is 12.6. The minimum Gasteiger partial charge on any atom is -0.452 e. The number of nitrogens with one attached hydrogen (secondary N) is 2. The van der Waals surface area contributed by atoms with Crippen LogP contribution in [0.2, 0.25) is 0 Å². The van der Waals surface area contributed by atoms with Gasteiger partial charge in [-0.3, -0.25) is 9.59 Å². The van der Waals surface area contributed by atoms with E-state index < -0.39 is 28.5 Å². The Morgan fingerprint density at radius 1 is 0.848 bits per heavy atom. The zero-order valence-corrected chi connectivity index (χ0v) is 18.6. The molecule has 8 nitrogen and oxygen atoms in total. The van der Waals surface area contributed by atoms with Crippen LogP contribution < -0.4 is 10.0 Å². The molecule has 0 fully saturated rings. The number of rotatable bonds is 9. The van der Waals surface area contributed by atoms with Gasteiger partial charge in [-0.15, -0.1) is 0 Å². The van der Waals surface area contributed by atoms with Gasteiger partial charge >= 0.3 is 5.97 Å². The lowest BCUT2D eigenvalue weighted by Gasteiger charge is -2.09. The molecule has 3 aromatic carbocycles. The number of Topliss-reactive ketones (excluding diaryl/α,β-unsaturated/α-hetero) is 1. The van der Waals surface area contributed by atoms with Gasteiger partial charge in [0.2, 0.25) is 10.0 Å². The highest BCUT2D eigenvalue weighted by molar-refractivity contribution is 7.89. The first-order chi connectivity index (χ1) is 15.7. The molecule has 33 heavy (non-hydrogen) atoms. The molecule has 0 bridgehead atoms. The van der Waals surface area contributed by atoms with E-state index >= 15 is 0 Å². The zero-order chi connectivity index (χ0) is 23.8. The molecule has 0 radical (unpaired) electrons. The van der Waals surface area contributed by atoms with Crippen LogP contribution in [0.1, 0.15) is 33.2 Å². The molecule has 1 amide bonds. The summed E-state index contributed by atoms with van der Waals surface area (Å²) in [7, 11) is -3.86. The number of sulfonamides is 1. The summed E-state index contributed by atoms with van der Waals surface area (Å²) in [5, 5.41) is 2.54. The van der Waals surface area contributed by atoms with Crippen LogP contribution in [-0.4, -0.2) is 32.7 Å². The highest BCUT2D eigenvalue weighted by Crippen LogP contribution is 2.14. The summed E-state index contributed by atoms with van der Waals surface area (Å²) in [6.45, 7) is 0.934. The average Bonchev–Trinajstić information content (AvgIpc) is 2.82. The molecule has 0 saturated carbocycles. The first kappa shape index (κ1) is 23.8. The second kappa shape index (κ2) is 10.7. The van der Waals surface area contributed by atoms with Crippen molar-refractivity contribution in [3.63, 3.8) is 0 Å². The van der Waals surface area contributed by atoms with Gasteiger partial charge in [-0.25, -0.2) is 17.9 Å². The lowest BCUT2D eigenvalue weighted by atomic mass is 10.1. The molecule has 0 aliphatic heterocycles. The Hall–Kier alpha value is -3.82. The second-order valence-electron chi connectivity index (χ2n) is 7.10. The van der Waals surface area contributed by atoms with E-state index in [1.807, 2.05) is 6.07 Å². The minimum atomic E-state index is -3.86. The first-order valence-electron chi connectivity index (χ1n) is 9.96. The van der Waals surface area contributed by atoms with E-state index in [-0.39, 0.29) is 22.8 Å². The van der Waals surface area contributed by atoms with Crippen LogP contribution in [0.5, 0.6) is 0 Å². The van der Waals surface area contributed by atoms with E-state index in [1.54, 1.807) is 42.5 Å². The zero-order valence-electron chi connectivity index (χ0n) is 17.8. The topological polar surface area (TPSA) is 119 Å². The van der Waals surface area contributed by atoms with Gasteiger partial charge in [-0.05, 0) is 42.8 Å². The van der Waals surface area contributed by atoms with Crippen molar-refractivity contribution in [3.05, 3.63) is 95.6 Å². The number of anilines is 1. The SMILES string of the molecule is CC(=O)c1cccc(NC(=O)COC(=O)c2cccc(S(=O)(=O)NCc3ccccc3)c2)c1. The number of benzene rings is 3. The van der Waals surface area contributed by atoms with Gasteiger partial charge in [-0.2, -0.15) is 0 Å². The fourth-order valence-electron chi connectivity index (χ4n) is 2.88. The molecular weight excluding hydrogens is 444 g/mol. The summed E-state index contributed by atoms with van der Waals surface area (Å²) in [5.41, 5.74) is 1.60. The first-order valence-corrected chi connectivity index (χ1v) is 11.4. The van der Waals surface area contributed by atoms with Crippen LogP contribution in [0.4, 0.5) is 5.69 Å². The van der Waals surface area contributed by atoms with E-state index in [9.17, 15) is 22.8 Å². The van der Waals surface area contributed by atoms with Crippen LogP contribution in [0.3, 0.4) is 0 Å². The van der Waals surface area contributed by atoms with Crippen molar-refractivity contribution in [1.29, 1.82) is 0 Å². The standard InChI is InChI=1S/C24H22N2O6S/c1-17(27)19-9-5-11-21(13-19)26-23(28)16-32-24(29)20-10-6-12-22(14-20)33(30,31)25-15-18-7-3-2-4-8-18/h2-14,25H,15-16H2,1H3,(H,26,28). The summed E-state index contributed by atoms with van der Waals surface area (Å²) in [4.78, 5) is 35.8. The molecule has 0 heterocycles. The van der Waals surface area contributed by atoms with Crippen molar-refractivity contribution >= 4 is 33.4 Å². The molecule has 0 aliphatic rings. The third-order valence-corrected chi connectivity index (χ3v) is 5.98. The minimum absolute atomic E-state index is 0.0102. The van der Waals surface area contributed by atoms with Crippen molar-refractivity contribution in [2.24, 2.45) is 0 Å². The van der Waals surface area contributed by atoms with Gasteiger partial charge in [0.15, 0.2) is 12.4 Å². The number of carbonyl (C=O) groups is 3. The molecule has 0 aromatic heterocycles. The fraction of sp³-hybridized carbons (Fsp3) is 0.125. The number of amides is 1. The second-order valence-corrected chi connectivity index (χ2v) is 8.87. The molecule has 0 spiro atoms. The lowest BCUT2D eigenvalue weighted by Crippen LogP contribution is -2.24. The van der Waals surface area contributed by atoms with Crippen molar-refractivity contribution < 1.29 is 27.5 Å². The van der Waals surface area contributed by atoms with Crippen molar-refractivity contribution in [2.45, 2.75) is 18.4 Å². The molecule has 0 atom stereocenters. The monoisotopic (exact) mass is 466 g/mol. The number of ether oxygens (including phenoxy) is 1. The van der Waals surface area contributed by atoms with E-state index in [4.69, 9.17) is 4.74 Å². The van der Waals surface area contributed by atoms with Gasteiger partial charge in [0.25, 0.3) is 5.91 Å². The normalized spacial score (nSPS) is 10.9. The quantitative estimate of drug-likeness (QED) is 0.369. The Balaban J connectivity index is 1.59. The summed E-state index contributed by atoms with van der Waals surface area (Å²) in [5.74, 6) is -1.59. The van der Waals surface area contributed by atoms with Crippen molar-refractivity contribution in [1.82, 2.24) is 4.72 Å². The molecule has 3 rings (SSSR count). The summed E-state index contributed by atoms with van der Waals surface area (Å²) in [6, 6.07) is 20.7. The van der Waals surface area contributed by atoms with E-state index in [2.05, 4.69) is 10.0 Å². The number of esters is 1. The summed E-state index contributed by atoms with van der Waals surface area (Å²) < 4.78 is 32.6. The Labute approximate surface area is 191 Å². The fourth-order valence-corrected chi connectivity index (χ4v) is 3.94. The van der Waals surface area contributed by atoms with Crippen molar-refractivity contribution in [3.8, 4) is 0 Å². The van der Waals surface area contributed by atoms with Crippen molar-refractivity contribution in [2.75, 3.05) is 11.9 Å². The Morgan fingerprint density at radius 3 is 2.27 bits per heavy atom. The van der Waals surface area contributed by atoms with E-state index in [1.165, 1.54) is 37.3 Å². The predicted molar refractivity (Wildman–Crippen MR) is 122 cm³/mol. The van der Waals surface area contributed by atoms with Gasteiger partial charge in [-0.1, -0.05) is 48.5 Å². The molecule has 2 N–H and O–H groups in total. The van der Waals surface area contributed by atoms with Crippen LogP contribution in [0.25, 0.3) is 0 Å². The highest BCUT2D eigenvalue weighted by atomic mass is 32.2. The average molecular weight is 467 g/mol. The smallest absolute Gasteiger partial charge is 0.338 e. The third kappa shape index (κ3) is 6.83. The van der Waals surface area contributed by atoms with E-state index in [0.29, 0.717) is 11.3 Å². The Kier molecular flexibility index (Phi) is 7.70. The molecule has 0 saturated heterocycles. The molecule has 9 heteroatoms. The number of ketones is 1. The maximum Gasteiger partial charge on any atom is 0.338 e. The van der Waals surface area contributed by atoms with Crippen LogP contribution in [-0.2, 0) is 26.1 Å². The third-order valence-electron chi connectivity index (χ3n) is 4.58. The number of hydrogen-bond donors (Lipinski definition) is 2. The van der Waals surface area contributed by atoms with Gasteiger partial charge in [0.05, 0.1) is 10.5 Å². The van der Waals surface area contributed by atoms with Crippen LogP contribution >= 0.6 is 0 Å². The Bertz CT molecular complexity index is 1270. The molecule has 170 valence electrons. The molecular formula is C24H22N2O6S. The lowest BCUT2D eigenvalue weighted by molar-refractivity contribution is -0.119. The maximum absolute atomic E-state index is 12.6. The largest absolute Gasteiger partial charge is 0.452 e. The predicted octanol–water partition coefficient (Wildman–Crippen LogP) is 3.16. The number of hydrogen-bond acceptors (Lipinski definition) is 6. The summed E-state index contributed by atoms with van der Waals surface area (Å²) >= 11 is 0. The van der Waals surface area contributed by atoms with Gasteiger partial charge in [0, 0.05) is 17.8 Å². The molecule has 3 aromatic rings. The highest BCUT2D eigenvalue weighted by Gasteiger charge is 2.17. The number of carbonyl (C=O) groups excluding carboxylic acids is 3. The molecule has 0 unspecified atom stereocenters. The van der Waals surface area contributed by atoms with Crippen LogP contribution in [0, 0.1) is 0 Å². The Morgan fingerprint density at radius 2 is 1.55 bits per heavy atom. The van der Waals surface area contributed by atoms with Crippen LogP contribution in [0.15, 0.2) is 83.8 Å². The molecule has 0 aliphatic carbocycles.